The average Bonchev–Trinajstić information content (AvgIpc) is 2.42. The van der Waals surface area contributed by atoms with Crippen molar-refractivity contribution >= 4 is 28.6 Å². The molecule has 0 saturated heterocycles. The molecule has 0 aliphatic rings. The Morgan fingerprint density at radius 3 is 2.53 bits per heavy atom. The Bertz CT molecular complexity index is 564. The second kappa shape index (κ2) is 6.56. The summed E-state index contributed by atoms with van der Waals surface area (Å²) in [6, 6.07) is 14.3. The van der Waals surface area contributed by atoms with E-state index < -0.39 is 0 Å². The summed E-state index contributed by atoms with van der Waals surface area (Å²) in [5.41, 5.74) is 0.476. The van der Waals surface area contributed by atoms with Crippen molar-refractivity contribution in [3.8, 4) is 11.5 Å². The normalized spacial score (nSPS) is 10.0. The predicted molar refractivity (Wildman–Crippen MR) is 81.7 cm³/mol. The zero-order chi connectivity index (χ0) is 13.7. The van der Waals surface area contributed by atoms with Crippen molar-refractivity contribution in [2.24, 2.45) is 0 Å². The molecule has 0 atom stereocenters. The van der Waals surface area contributed by atoms with Crippen LogP contribution in [0.25, 0.3) is 0 Å². The molecule has 0 amide bonds. The van der Waals surface area contributed by atoms with Crippen LogP contribution in [0.5, 0.6) is 11.5 Å². The SMILES string of the molecule is CCOc1cccc(C(=O)Oc2ccc(I)cc2)c1. The lowest BCUT2D eigenvalue weighted by molar-refractivity contribution is 0.0734. The minimum absolute atomic E-state index is 0.386. The molecule has 4 heteroatoms. The second-order valence-corrected chi connectivity index (χ2v) is 5.05. The summed E-state index contributed by atoms with van der Waals surface area (Å²) >= 11 is 2.20. The van der Waals surface area contributed by atoms with Crippen molar-refractivity contribution < 1.29 is 14.3 Å². The van der Waals surface area contributed by atoms with Gasteiger partial charge in [-0.05, 0) is 72.0 Å². The van der Waals surface area contributed by atoms with Crippen molar-refractivity contribution in [2.45, 2.75) is 6.92 Å². The van der Waals surface area contributed by atoms with Gasteiger partial charge in [-0.3, -0.25) is 0 Å². The van der Waals surface area contributed by atoms with Gasteiger partial charge in [0.15, 0.2) is 0 Å². The van der Waals surface area contributed by atoms with Crippen LogP contribution in [0.3, 0.4) is 0 Å². The third-order valence-electron chi connectivity index (χ3n) is 2.40. The van der Waals surface area contributed by atoms with Crippen LogP contribution >= 0.6 is 22.6 Å². The number of hydrogen-bond donors (Lipinski definition) is 0. The summed E-state index contributed by atoms with van der Waals surface area (Å²) in [6.45, 7) is 2.46. The van der Waals surface area contributed by atoms with E-state index in [2.05, 4.69) is 22.6 Å². The molecular formula is C15H13IO3. The highest BCUT2D eigenvalue weighted by atomic mass is 127. The first kappa shape index (κ1) is 13.9. The van der Waals surface area contributed by atoms with Crippen molar-refractivity contribution in [1.29, 1.82) is 0 Å². The summed E-state index contributed by atoms with van der Waals surface area (Å²) in [5.74, 6) is 0.814. The molecule has 2 aromatic carbocycles. The van der Waals surface area contributed by atoms with Crippen LogP contribution in [0.15, 0.2) is 48.5 Å². The van der Waals surface area contributed by atoms with Crippen LogP contribution in [0, 0.1) is 3.57 Å². The van der Waals surface area contributed by atoms with Gasteiger partial charge in [0.05, 0.1) is 12.2 Å². The van der Waals surface area contributed by atoms with Gasteiger partial charge >= 0.3 is 5.97 Å². The van der Waals surface area contributed by atoms with Crippen molar-refractivity contribution in [3.63, 3.8) is 0 Å². The number of halogens is 1. The molecule has 0 unspecified atom stereocenters. The van der Waals surface area contributed by atoms with E-state index >= 15 is 0 Å². The van der Waals surface area contributed by atoms with Crippen molar-refractivity contribution in [2.75, 3.05) is 6.61 Å². The van der Waals surface area contributed by atoms with Crippen LogP contribution in [0.1, 0.15) is 17.3 Å². The first-order valence-corrected chi connectivity index (χ1v) is 6.97. The number of rotatable bonds is 4. The van der Waals surface area contributed by atoms with E-state index in [-0.39, 0.29) is 5.97 Å². The summed E-state index contributed by atoms with van der Waals surface area (Å²) in [4.78, 5) is 12.0. The lowest BCUT2D eigenvalue weighted by atomic mass is 10.2. The van der Waals surface area contributed by atoms with E-state index in [0.717, 1.165) is 3.57 Å². The van der Waals surface area contributed by atoms with E-state index in [1.165, 1.54) is 0 Å². The van der Waals surface area contributed by atoms with E-state index in [0.29, 0.717) is 23.7 Å². The van der Waals surface area contributed by atoms with Gasteiger partial charge in [-0.2, -0.15) is 0 Å². The fourth-order valence-electron chi connectivity index (χ4n) is 1.55. The molecule has 0 heterocycles. The predicted octanol–water partition coefficient (Wildman–Crippen LogP) is 3.91. The zero-order valence-corrected chi connectivity index (χ0v) is 12.6. The quantitative estimate of drug-likeness (QED) is 0.466. The largest absolute Gasteiger partial charge is 0.494 e. The Morgan fingerprint density at radius 1 is 1.11 bits per heavy atom. The van der Waals surface area contributed by atoms with Gasteiger partial charge in [0.25, 0.3) is 0 Å². The number of ether oxygens (including phenoxy) is 2. The lowest BCUT2D eigenvalue weighted by Gasteiger charge is -2.06. The topological polar surface area (TPSA) is 35.5 Å². The van der Waals surface area contributed by atoms with Gasteiger partial charge in [0.2, 0.25) is 0 Å². The molecule has 0 bridgehead atoms. The lowest BCUT2D eigenvalue weighted by Crippen LogP contribution is -2.08. The molecule has 0 aromatic heterocycles. The van der Waals surface area contributed by atoms with Crippen LogP contribution in [0.2, 0.25) is 0 Å². The highest BCUT2D eigenvalue weighted by molar-refractivity contribution is 14.1. The second-order valence-electron chi connectivity index (χ2n) is 3.80. The summed E-state index contributed by atoms with van der Waals surface area (Å²) in [5, 5.41) is 0. The highest BCUT2D eigenvalue weighted by Gasteiger charge is 2.09. The molecular weight excluding hydrogens is 355 g/mol. The van der Waals surface area contributed by atoms with E-state index in [4.69, 9.17) is 9.47 Å². The van der Waals surface area contributed by atoms with E-state index in [1.807, 2.05) is 25.1 Å². The van der Waals surface area contributed by atoms with E-state index in [1.54, 1.807) is 30.3 Å². The summed E-state index contributed by atoms with van der Waals surface area (Å²) in [6.07, 6.45) is 0. The molecule has 3 nitrogen and oxygen atoms in total. The third kappa shape index (κ3) is 3.96. The van der Waals surface area contributed by atoms with Gasteiger partial charge in [-0.25, -0.2) is 4.79 Å². The number of carbonyl (C=O) groups excluding carboxylic acids is 1. The molecule has 2 aromatic rings. The van der Waals surface area contributed by atoms with Crippen LogP contribution < -0.4 is 9.47 Å². The van der Waals surface area contributed by atoms with Gasteiger partial charge in [-0.1, -0.05) is 6.07 Å². The first-order chi connectivity index (χ1) is 9.19. The molecule has 0 aliphatic heterocycles. The number of carbonyl (C=O) groups is 1. The highest BCUT2D eigenvalue weighted by Crippen LogP contribution is 2.18. The molecule has 0 saturated carbocycles. The molecule has 0 N–H and O–H groups in total. The maximum absolute atomic E-state index is 12.0. The van der Waals surface area contributed by atoms with Gasteiger partial charge < -0.3 is 9.47 Å². The Labute approximate surface area is 125 Å². The minimum Gasteiger partial charge on any atom is -0.494 e. The molecule has 19 heavy (non-hydrogen) atoms. The van der Waals surface area contributed by atoms with Crippen molar-refractivity contribution in [1.82, 2.24) is 0 Å². The van der Waals surface area contributed by atoms with Gasteiger partial charge in [0.1, 0.15) is 11.5 Å². The number of hydrogen-bond acceptors (Lipinski definition) is 3. The van der Waals surface area contributed by atoms with Crippen LogP contribution in [-0.2, 0) is 0 Å². The molecule has 0 fully saturated rings. The summed E-state index contributed by atoms with van der Waals surface area (Å²) < 4.78 is 11.7. The molecule has 0 radical (unpaired) electrons. The maximum atomic E-state index is 12.0. The fourth-order valence-corrected chi connectivity index (χ4v) is 1.91. The number of benzene rings is 2. The van der Waals surface area contributed by atoms with Gasteiger partial charge in [0, 0.05) is 3.57 Å². The maximum Gasteiger partial charge on any atom is 0.343 e. The van der Waals surface area contributed by atoms with E-state index in [9.17, 15) is 4.79 Å². The minimum atomic E-state index is -0.386. The third-order valence-corrected chi connectivity index (χ3v) is 3.12. The molecule has 2 rings (SSSR count). The fraction of sp³-hybridized carbons (Fsp3) is 0.133. The van der Waals surface area contributed by atoms with Crippen molar-refractivity contribution in [3.05, 3.63) is 57.7 Å². The summed E-state index contributed by atoms with van der Waals surface area (Å²) in [7, 11) is 0. The molecule has 0 spiro atoms. The Kier molecular flexibility index (Phi) is 4.79. The van der Waals surface area contributed by atoms with Crippen LogP contribution in [0.4, 0.5) is 0 Å². The monoisotopic (exact) mass is 368 g/mol. The first-order valence-electron chi connectivity index (χ1n) is 5.89. The smallest absolute Gasteiger partial charge is 0.343 e. The Hall–Kier alpha value is -1.56. The molecule has 98 valence electrons. The standard InChI is InChI=1S/C15H13IO3/c1-2-18-14-5-3-4-11(10-14)15(17)19-13-8-6-12(16)7-9-13/h3-10H,2H2,1H3. The zero-order valence-electron chi connectivity index (χ0n) is 10.4. The molecule has 0 aliphatic carbocycles. The van der Waals surface area contributed by atoms with Gasteiger partial charge in [-0.15, -0.1) is 0 Å². The number of esters is 1. The van der Waals surface area contributed by atoms with Crippen LogP contribution in [-0.4, -0.2) is 12.6 Å². The average molecular weight is 368 g/mol. The Balaban J connectivity index is 2.11. The Morgan fingerprint density at radius 2 is 1.84 bits per heavy atom.